The molecule has 58 valence electrons. The molecule has 2 atom stereocenters. The van der Waals surface area contributed by atoms with E-state index in [4.69, 9.17) is 27.9 Å². The van der Waals surface area contributed by atoms with Crippen LogP contribution in [0, 0.1) is 0 Å². The number of ketones is 1. The molecule has 0 aliphatic carbocycles. The van der Waals surface area contributed by atoms with Crippen molar-refractivity contribution in [2.75, 3.05) is 0 Å². The van der Waals surface area contributed by atoms with E-state index in [-0.39, 0.29) is 16.9 Å². The molecule has 11 heavy (non-hydrogen) atoms. The maximum Gasteiger partial charge on any atom is 0.208 e. The van der Waals surface area contributed by atoms with Gasteiger partial charge < -0.3 is 4.74 Å². The summed E-state index contributed by atoms with van der Waals surface area (Å²) in [5.74, 6) is -0.248. The second-order valence-corrected chi connectivity index (χ2v) is 3.17. The highest BCUT2D eigenvalue weighted by atomic mass is 35.5. The van der Waals surface area contributed by atoms with Crippen molar-refractivity contribution >= 4 is 29.0 Å². The fraction of sp³-hybridized carbons (Fsp3) is 0.286. The Morgan fingerprint density at radius 3 is 2.64 bits per heavy atom. The summed E-state index contributed by atoms with van der Waals surface area (Å²) in [6, 6.07) is 0. The quantitative estimate of drug-likeness (QED) is 0.543. The third-order valence-electron chi connectivity index (χ3n) is 1.69. The standard InChI is InChI=1S/C7H4Cl2O2/c8-5-3-1-2-4(11-3)7(10)6(5)9/h1-4H. The second-order valence-electron chi connectivity index (χ2n) is 2.39. The molecule has 0 aromatic rings. The molecule has 0 N–H and O–H groups in total. The van der Waals surface area contributed by atoms with Crippen molar-refractivity contribution in [1.29, 1.82) is 0 Å². The molecule has 0 fully saturated rings. The summed E-state index contributed by atoms with van der Waals surface area (Å²) in [5.41, 5.74) is 0. The molecule has 0 amide bonds. The summed E-state index contributed by atoms with van der Waals surface area (Å²) >= 11 is 11.3. The van der Waals surface area contributed by atoms with Crippen LogP contribution in [0.25, 0.3) is 0 Å². The maximum absolute atomic E-state index is 11.1. The van der Waals surface area contributed by atoms with Gasteiger partial charge in [0.05, 0.1) is 5.03 Å². The molecule has 0 saturated carbocycles. The van der Waals surface area contributed by atoms with Crippen molar-refractivity contribution in [3.63, 3.8) is 0 Å². The molecule has 2 unspecified atom stereocenters. The second kappa shape index (κ2) is 2.34. The Morgan fingerprint density at radius 2 is 1.91 bits per heavy atom. The highest BCUT2D eigenvalue weighted by molar-refractivity contribution is 6.49. The molecule has 0 radical (unpaired) electrons. The Labute approximate surface area is 73.4 Å². The first-order chi connectivity index (χ1) is 5.20. The average Bonchev–Trinajstić information content (AvgIpc) is 2.44. The van der Waals surface area contributed by atoms with Gasteiger partial charge in [0, 0.05) is 0 Å². The molecule has 2 heterocycles. The topological polar surface area (TPSA) is 26.3 Å². The number of carbonyl (C=O) groups is 1. The van der Waals surface area contributed by atoms with E-state index in [1.54, 1.807) is 12.2 Å². The van der Waals surface area contributed by atoms with Gasteiger partial charge in [-0.1, -0.05) is 29.3 Å². The van der Waals surface area contributed by atoms with E-state index in [1.165, 1.54) is 0 Å². The Morgan fingerprint density at radius 1 is 1.27 bits per heavy atom. The third kappa shape index (κ3) is 0.940. The van der Waals surface area contributed by atoms with Crippen molar-refractivity contribution in [2.24, 2.45) is 0 Å². The molecule has 4 heteroatoms. The Bertz CT molecular complexity index is 280. The van der Waals surface area contributed by atoms with Crippen molar-refractivity contribution in [3.8, 4) is 0 Å². The van der Waals surface area contributed by atoms with Crippen LogP contribution in [0.1, 0.15) is 0 Å². The Kier molecular flexibility index (Phi) is 1.56. The van der Waals surface area contributed by atoms with Gasteiger partial charge in [-0.15, -0.1) is 0 Å². The zero-order chi connectivity index (χ0) is 8.01. The van der Waals surface area contributed by atoms with Gasteiger partial charge >= 0.3 is 0 Å². The summed E-state index contributed by atoms with van der Waals surface area (Å²) in [6.45, 7) is 0. The predicted molar refractivity (Wildman–Crippen MR) is 41.5 cm³/mol. The van der Waals surface area contributed by atoms with Crippen LogP contribution in [-0.2, 0) is 9.53 Å². The summed E-state index contributed by atoms with van der Waals surface area (Å²) in [5, 5.41) is 0.402. The fourth-order valence-corrected chi connectivity index (χ4v) is 1.54. The number of fused-ring (bicyclic) bond motifs is 2. The van der Waals surface area contributed by atoms with Crippen LogP contribution in [0.4, 0.5) is 0 Å². The molecule has 0 aromatic heterocycles. The van der Waals surface area contributed by atoms with Gasteiger partial charge in [-0.2, -0.15) is 0 Å². The van der Waals surface area contributed by atoms with Gasteiger partial charge in [-0.25, -0.2) is 0 Å². The smallest absolute Gasteiger partial charge is 0.208 e. The van der Waals surface area contributed by atoms with E-state index in [1.807, 2.05) is 0 Å². The van der Waals surface area contributed by atoms with Crippen LogP contribution >= 0.6 is 23.2 Å². The van der Waals surface area contributed by atoms with Crippen LogP contribution in [0.2, 0.25) is 0 Å². The molecule has 0 aromatic carbocycles. The molecule has 2 aliphatic heterocycles. The highest BCUT2D eigenvalue weighted by Crippen LogP contribution is 2.33. The summed E-state index contributed by atoms with van der Waals surface area (Å²) in [7, 11) is 0. The van der Waals surface area contributed by atoms with Crippen LogP contribution in [0.5, 0.6) is 0 Å². The summed E-state index contributed by atoms with van der Waals surface area (Å²) in [6.07, 6.45) is 2.60. The minimum Gasteiger partial charge on any atom is -0.353 e. The van der Waals surface area contributed by atoms with Crippen molar-refractivity contribution < 1.29 is 9.53 Å². The van der Waals surface area contributed by atoms with E-state index in [0.29, 0.717) is 5.03 Å². The van der Waals surface area contributed by atoms with E-state index < -0.39 is 6.10 Å². The predicted octanol–water partition coefficient (Wildman–Crippen LogP) is 1.58. The first-order valence-electron chi connectivity index (χ1n) is 3.13. The first kappa shape index (κ1) is 7.35. The van der Waals surface area contributed by atoms with E-state index >= 15 is 0 Å². The number of carbonyl (C=O) groups excluding carboxylic acids is 1. The molecule has 0 saturated heterocycles. The largest absolute Gasteiger partial charge is 0.353 e. The lowest BCUT2D eigenvalue weighted by atomic mass is 10.2. The Hall–Kier alpha value is -0.310. The van der Waals surface area contributed by atoms with Gasteiger partial charge in [0.25, 0.3) is 0 Å². The first-order valence-corrected chi connectivity index (χ1v) is 3.89. The van der Waals surface area contributed by atoms with Gasteiger partial charge in [-0.05, 0) is 6.08 Å². The molecular weight excluding hydrogens is 187 g/mol. The van der Waals surface area contributed by atoms with E-state index in [9.17, 15) is 4.79 Å². The van der Waals surface area contributed by atoms with Crippen molar-refractivity contribution in [1.82, 2.24) is 0 Å². The molecule has 2 bridgehead atoms. The number of hydrogen-bond donors (Lipinski definition) is 0. The lowest BCUT2D eigenvalue weighted by Gasteiger charge is -2.18. The minimum absolute atomic E-state index is 0.109. The number of halogens is 2. The van der Waals surface area contributed by atoms with Gasteiger partial charge in [0.1, 0.15) is 17.2 Å². The Balaban J connectivity index is 2.49. The summed E-state index contributed by atoms with van der Waals surface area (Å²) < 4.78 is 5.16. The van der Waals surface area contributed by atoms with Crippen LogP contribution < -0.4 is 0 Å². The normalized spacial score (nSPS) is 35.3. The lowest BCUT2D eigenvalue weighted by Crippen LogP contribution is -2.28. The van der Waals surface area contributed by atoms with Crippen molar-refractivity contribution in [3.05, 3.63) is 22.2 Å². The van der Waals surface area contributed by atoms with Gasteiger partial charge in [-0.3, -0.25) is 4.79 Å². The monoisotopic (exact) mass is 190 g/mol. The highest BCUT2D eigenvalue weighted by Gasteiger charge is 2.36. The SMILES string of the molecule is O=C1C(Cl)=C(Cl)C2C=CC1O2. The van der Waals surface area contributed by atoms with Gasteiger partial charge in [0.15, 0.2) is 0 Å². The molecule has 2 nitrogen and oxygen atoms in total. The van der Waals surface area contributed by atoms with Crippen molar-refractivity contribution in [2.45, 2.75) is 12.2 Å². The zero-order valence-corrected chi connectivity index (χ0v) is 6.89. The molecule has 2 rings (SSSR count). The number of Topliss-reactive ketones (excluding diaryl/α,β-unsaturated/α-hetero) is 1. The maximum atomic E-state index is 11.1. The number of rotatable bonds is 0. The lowest BCUT2D eigenvalue weighted by molar-refractivity contribution is -0.124. The number of hydrogen-bond acceptors (Lipinski definition) is 2. The fourth-order valence-electron chi connectivity index (χ4n) is 1.11. The van der Waals surface area contributed by atoms with E-state index in [2.05, 4.69) is 0 Å². The molecule has 0 spiro atoms. The zero-order valence-electron chi connectivity index (χ0n) is 5.38. The minimum atomic E-state index is -0.505. The van der Waals surface area contributed by atoms with Crippen LogP contribution in [0.3, 0.4) is 0 Å². The molecule has 2 aliphatic rings. The van der Waals surface area contributed by atoms with Crippen LogP contribution in [0.15, 0.2) is 22.2 Å². The molecular formula is C7H4Cl2O2. The summed E-state index contributed by atoms with van der Waals surface area (Å²) in [4.78, 5) is 11.1. The van der Waals surface area contributed by atoms with E-state index in [0.717, 1.165) is 0 Å². The average molecular weight is 191 g/mol. The number of ether oxygens (including phenoxy) is 1. The van der Waals surface area contributed by atoms with Gasteiger partial charge in [0.2, 0.25) is 5.78 Å². The third-order valence-corrected chi connectivity index (χ3v) is 2.58. The van der Waals surface area contributed by atoms with Crippen LogP contribution in [-0.4, -0.2) is 18.0 Å².